The zero-order valence-corrected chi connectivity index (χ0v) is 12.1. The number of halogens is 2. The minimum atomic E-state index is -2.53. The van der Waals surface area contributed by atoms with Crippen LogP contribution in [0.15, 0.2) is 0 Å². The molecule has 1 fully saturated rings. The fourth-order valence-electron chi connectivity index (χ4n) is 2.16. The van der Waals surface area contributed by atoms with Crippen molar-refractivity contribution in [2.75, 3.05) is 19.8 Å². The van der Waals surface area contributed by atoms with Crippen molar-refractivity contribution >= 4 is 11.8 Å². The van der Waals surface area contributed by atoms with E-state index < -0.39 is 25.1 Å². The highest BCUT2D eigenvalue weighted by molar-refractivity contribution is 5.96. The molecule has 0 radical (unpaired) electrons. The van der Waals surface area contributed by atoms with E-state index >= 15 is 0 Å². The summed E-state index contributed by atoms with van der Waals surface area (Å²) in [7, 11) is 0. The lowest BCUT2D eigenvalue weighted by molar-refractivity contribution is -0.150. The summed E-state index contributed by atoms with van der Waals surface area (Å²) >= 11 is 0. The van der Waals surface area contributed by atoms with E-state index in [0.717, 1.165) is 0 Å². The van der Waals surface area contributed by atoms with Gasteiger partial charge >= 0.3 is 0 Å². The Labute approximate surface area is 117 Å². The molecular weight excluding hydrogens is 270 g/mol. The normalized spacial score (nSPS) is 23.6. The Bertz CT molecular complexity index is 351. The molecule has 1 saturated heterocycles. The van der Waals surface area contributed by atoms with E-state index in [9.17, 15) is 18.4 Å². The first-order valence-electron chi connectivity index (χ1n) is 6.79. The molecule has 5 nitrogen and oxygen atoms in total. The predicted molar refractivity (Wildman–Crippen MR) is 69.4 cm³/mol. The van der Waals surface area contributed by atoms with Crippen molar-refractivity contribution in [3.8, 4) is 0 Å². The zero-order chi connectivity index (χ0) is 15.3. The van der Waals surface area contributed by atoms with Crippen LogP contribution in [0, 0.1) is 5.92 Å². The maximum absolute atomic E-state index is 12.3. The van der Waals surface area contributed by atoms with Gasteiger partial charge in [0.2, 0.25) is 11.8 Å². The van der Waals surface area contributed by atoms with Gasteiger partial charge in [0.1, 0.15) is 18.7 Å². The molecule has 1 N–H and O–H groups in total. The Balaban J connectivity index is 2.56. The van der Waals surface area contributed by atoms with Gasteiger partial charge in [-0.05, 0) is 19.3 Å². The van der Waals surface area contributed by atoms with Crippen LogP contribution in [0.1, 0.15) is 27.2 Å². The van der Waals surface area contributed by atoms with Gasteiger partial charge in [-0.1, -0.05) is 13.8 Å². The van der Waals surface area contributed by atoms with Crippen LogP contribution in [-0.4, -0.2) is 55.0 Å². The van der Waals surface area contributed by atoms with Crippen LogP contribution < -0.4 is 5.32 Å². The van der Waals surface area contributed by atoms with Crippen molar-refractivity contribution in [3.63, 3.8) is 0 Å². The molecule has 0 aromatic heterocycles. The highest BCUT2D eigenvalue weighted by atomic mass is 19.3. The third kappa shape index (κ3) is 4.70. The summed E-state index contributed by atoms with van der Waals surface area (Å²) < 4.78 is 28.7. The summed E-state index contributed by atoms with van der Waals surface area (Å²) in [5.41, 5.74) is 0. The van der Waals surface area contributed by atoms with Crippen molar-refractivity contribution in [3.05, 3.63) is 0 Å². The van der Waals surface area contributed by atoms with Gasteiger partial charge in [-0.15, -0.1) is 0 Å². The Morgan fingerprint density at radius 1 is 1.35 bits per heavy atom. The molecule has 0 spiro atoms. The molecular formula is C13H22F2N2O3. The number of piperazine rings is 1. The Kier molecular flexibility index (Phi) is 6.32. The Hall–Kier alpha value is -1.24. The Morgan fingerprint density at radius 3 is 2.55 bits per heavy atom. The van der Waals surface area contributed by atoms with Gasteiger partial charge in [-0.2, -0.15) is 0 Å². The minimum Gasteiger partial charge on any atom is -0.374 e. The highest BCUT2D eigenvalue weighted by Crippen LogP contribution is 2.15. The van der Waals surface area contributed by atoms with E-state index in [4.69, 9.17) is 4.74 Å². The van der Waals surface area contributed by atoms with E-state index in [1.165, 1.54) is 4.90 Å². The fraction of sp³-hybridized carbons (Fsp3) is 0.846. The lowest BCUT2D eigenvalue weighted by atomic mass is 9.99. The molecule has 0 aromatic rings. The summed E-state index contributed by atoms with van der Waals surface area (Å²) in [5.74, 6) is -0.120. The van der Waals surface area contributed by atoms with Gasteiger partial charge in [0, 0.05) is 6.54 Å². The molecule has 2 unspecified atom stereocenters. The monoisotopic (exact) mass is 292 g/mol. The molecule has 1 aliphatic heterocycles. The molecule has 1 rings (SSSR count). The molecule has 1 heterocycles. The second-order valence-corrected chi connectivity index (χ2v) is 5.36. The second-order valence-electron chi connectivity index (χ2n) is 5.36. The summed E-state index contributed by atoms with van der Waals surface area (Å²) in [5, 5.41) is 2.69. The lowest BCUT2D eigenvalue weighted by Gasteiger charge is -2.37. The van der Waals surface area contributed by atoms with Crippen LogP contribution >= 0.6 is 0 Å². The molecule has 116 valence electrons. The first-order chi connectivity index (χ1) is 9.32. The average molecular weight is 292 g/mol. The number of hydrogen-bond donors (Lipinski definition) is 1. The van der Waals surface area contributed by atoms with Crippen molar-refractivity contribution < 1.29 is 23.1 Å². The summed E-state index contributed by atoms with van der Waals surface area (Å²) in [6, 6.07) is -1.13. The van der Waals surface area contributed by atoms with Gasteiger partial charge in [-0.3, -0.25) is 9.59 Å². The number of ether oxygens (including phenoxy) is 1. The number of amides is 2. The third-order valence-corrected chi connectivity index (χ3v) is 3.17. The van der Waals surface area contributed by atoms with E-state index in [2.05, 4.69) is 5.32 Å². The highest BCUT2D eigenvalue weighted by Gasteiger charge is 2.37. The van der Waals surface area contributed by atoms with Gasteiger partial charge in [0.05, 0.1) is 6.61 Å². The van der Waals surface area contributed by atoms with Crippen LogP contribution in [0.5, 0.6) is 0 Å². The van der Waals surface area contributed by atoms with Crippen LogP contribution in [0.3, 0.4) is 0 Å². The maximum Gasteiger partial charge on any atom is 0.261 e. The SMILES string of the molecule is CC(C)CC1NC(=O)C(C)N(CCOCC(F)F)C1=O. The van der Waals surface area contributed by atoms with Crippen LogP contribution in [0.25, 0.3) is 0 Å². The Morgan fingerprint density at radius 2 is 2.00 bits per heavy atom. The third-order valence-electron chi connectivity index (χ3n) is 3.17. The van der Waals surface area contributed by atoms with Gasteiger partial charge in [0.25, 0.3) is 6.43 Å². The number of rotatable bonds is 7. The number of carbonyl (C=O) groups is 2. The molecule has 0 bridgehead atoms. The van der Waals surface area contributed by atoms with Crippen LogP contribution in [0.4, 0.5) is 8.78 Å². The first-order valence-corrected chi connectivity index (χ1v) is 6.79. The average Bonchev–Trinajstić information content (AvgIpc) is 2.34. The number of nitrogens with zero attached hydrogens (tertiary/aromatic N) is 1. The van der Waals surface area contributed by atoms with Gasteiger partial charge in [0.15, 0.2) is 0 Å². The standard InChI is InChI=1S/C13H22F2N2O3/c1-8(2)6-10-13(19)17(9(3)12(18)16-10)4-5-20-7-11(14)15/h8-11H,4-7H2,1-3H3,(H,16,18). The lowest BCUT2D eigenvalue weighted by Crippen LogP contribution is -2.63. The van der Waals surface area contributed by atoms with Gasteiger partial charge in [-0.25, -0.2) is 8.78 Å². The molecule has 0 aliphatic carbocycles. The van der Waals surface area contributed by atoms with Crippen molar-refractivity contribution in [1.29, 1.82) is 0 Å². The molecule has 2 amide bonds. The number of carbonyl (C=O) groups excluding carboxylic acids is 2. The van der Waals surface area contributed by atoms with Gasteiger partial charge < -0.3 is 15.0 Å². The fourth-order valence-corrected chi connectivity index (χ4v) is 2.16. The zero-order valence-electron chi connectivity index (χ0n) is 12.1. The number of alkyl halides is 2. The summed E-state index contributed by atoms with van der Waals surface area (Å²) in [6.45, 7) is 5.04. The molecule has 0 saturated carbocycles. The van der Waals surface area contributed by atoms with Crippen LogP contribution in [0.2, 0.25) is 0 Å². The maximum atomic E-state index is 12.3. The van der Waals surface area contributed by atoms with E-state index in [1.807, 2.05) is 13.8 Å². The largest absolute Gasteiger partial charge is 0.374 e. The number of hydrogen-bond acceptors (Lipinski definition) is 3. The topological polar surface area (TPSA) is 58.6 Å². The second kappa shape index (κ2) is 7.52. The molecule has 20 heavy (non-hydrogen) atoms. The molecule has 0 aromatic carbocycles. The van der Waals surface area contributed by atoms with Crippen LogP contribution in [-0.2, 0) is 14.3 Å². The van der Waals surface area contributed by atoms with Crippen molar-refractivity contribution in [2.24, 2.45) is 5.92 Å². The van der Waals surface area contributed by atoms with E-state index in [-0.39, 0.29) is 30.9 Å². The van der Waals surface area contributed by atoms with Crippen molar-refractivity contribution in [1.82, 2.24) is 10.2 Å². The number of nitrogens with one attached hydrogen (secondary N) is 1. The molecule has 7 heteroatoms. The smallest absolute Gasteiger partial charge is 0.261 e. The quantitative estimate of drug-likeness (QED) is 0.713. The summed E-state index contributed by atoms with van der Waals surface area (Å²) in [4.78, 5) is 25.5. The first kappa shape index (κ1) is 16.8. The van der Waals surface area contributed by atoms with E-state index in [1.54, 1.807) is 6.92 Å². The van der Waals surface area contributed by atoms with E-state index in [0.29, 0.717) is 6.42 Å². The van der Waals surface area contributed by atoms with Crippen molar-refractivity contribution in [2.45, 2.75) is 45.7 Å². The minimum absolute atomic E-state index is 0.00208. The summed E-state index contributed by atoms with van der Waals surface area (Å²) in [6.07, 6.45) is -1.97. The molecule has 1 aliphatic rings. The predicted octanol–water partition coefficient (Wildman–Crippen LogP) is 1.03. The molecule has 2 atom stereocenters.